The molecule has 0 aromatic carbocycles. The summed E-state index contributed by atoms with van der Waals surface area (Å²) in [5.41, 5.74) is 6.71. The van der Waals surface area contributed by atoms with Crippen molar-refractivity contribution in [1.29, 1.82) is 0 Å². The van der Waals surface area contributed by atoms with Crippen molar-refractivity contribution in [1.82, 2.24) is 10.2 Å². The third-order valence-electron chi connectivity index (χ3n) is 5.76. The van der Waals surface area contributed by atoms with E-state index in [-0.39, 0.29) is 0 Å². The van der Waals surface area contributed by atoms with E-state index in [4.69, 9.17) is 10.5 Å². The number of hydrogen-bond acceptors (Lipinski definition) is 4. The topological polar surface area (TPSA) is 61.0 Å². The standard InChI is InChI=1S/C16H23N3O/c1-9-2-15(16(17)19-18-9)20-8-14-12-4-10-3-11(6-12)7-13(14)5-10/h2,10-14H,3-8H2,1H3,(H2,17,19). The van der Waals surface area contributed by atoms with Crippen LogP contribution in [0.25, 0.3) is 0 Å². The first-order chi connectivity index (χ1) is 9.69. The van der Waals surface area contributed by atoms with Crippen molar-refractivity contribution in [2.24, 2.45) is 29.6 Å². The van der Waals surface area contributed by atoms with Crippen LogP contribution in [0.3, 0.4) is 0 Å². The fourth-order valence-corrected chi connectivity index (χ4v) is 5.09. The van der Waals surface area contributed by atoms with Gasteiger partial charge >= 0.3 is 0 Å². The van der Waals surface area contributed by atoms with Crippen molar-refractivity contribution in [3.05, 3.63) is 11.8 Å². The average molecular weight is 273 g/mol. The zero-order chi connectivity index (χ0) is 13.7. The maximum Gasteiger partial charge on any atom is 0.188 e. The molecule has 4 fully saturated rings. The summed E-state index contributed by atoms with van der Waals surface area (Å²) in [5, 5.41) is 7.89. The molecule has 0 amide bonds. The Bertz CT molecular complexity index is 488. The van der Waals surface area contributed by atoms with Crippen LogP contribution in [0, 0.1) is 36.5 Å². The zero-order valence-electron chi connectivity index (χ0n) is 12.1. The third-order valence-corrected chi connectivity index (χ3v) is 5.76. The molecule has 0 unspecified atom stereocenters. The lowest BCUT2D eigenvalue weighted by Gasteiger charge is -2.54. The SMILES string of the molecule is Cc1cc(OCC2C3CC4CC(C3)CC2C4)c(N)nn1. The first-order valence-electron chi connectivity index (χ1n) is 7.91. The number of anilines is 1. The fourth-order valence-electron chi connectivity index (χ4n) is 5.09. The Morgan fingerprint density at radius 1 is 1.10 bits per heavy atom. The van der Waals surface area contributed by atoms with Crippen molar-refractivity contribution in [3.8, 4) is 5.75 Å². The molecule has 1 aromatic rings. The smallest absolute Gasteiger partial charge is 0.188 e. The van der Waals surface area contributed by atoms with Gasteiger partial charge in [-0.1, -0.05) is 0 Å². The van der Waals surface area contributed by atoms with E-state index in [1.165, 1.54) is 32.1 Å². The van der Waals surface area contributed by atoms with E-state index >= 15 is 0 Å². The lowest BCUT2D eigenvalue weighted by atomic mass is 9.52. The summed E-state index contributed by atoms with van der Waals surface area (Å²) in [6, 6.07) is 1.90. The molecule has 108 valence electrons. The normalized spacial score (nSPS) is 38.1. The summed E-state index contributed by atoms with van der Waals surface area (Å²) in [7, 11) is 0. The molecular weight excluding hydrogens is 250 g/mol. The lowest BCUT2D eigenvalue weighted by Crippen LogP contribution is -2.47. The highest BCUT2D eigenvalue weighted by Gasteiger charge is 2.48. The Kier molecular flexibility index (Phi) is 2.86. The van der Waals surface area contributed by atoms with E-state index in [1.54, 1.807) is 0 Å². The largest absolute Gasteiger partial charge is 0.489 e. The maximum absolute atomic E-state index is 6.02. The molecule has 4 aliphatic rings. The molecule has 20 heavy (non-hydrogen) atoms. The molecule has 4 aliphatic carbocycles. The summed E-state index contributed by atoms with van der Waals surface area (Å²) in [5.74, 6) is 5.68. The molecule has 4 nitrogen and oxygen atoms in total. The predicted molar refractivity (Wildman–Crippen MR) is 77.2 cm³/mol. The summed E-state index contributed by atoms with van der Waals surface area (Å²) in [6.07, 6.45) is 7.24. The van der Waals surface area contributed by atoms with Crippen LogP contribution in [-0.4, -0.2) is 16.8 Å². The second-order valence-electron chi connectivity index (χ2n) is 7.14. The molecule has 0 aliphatic heterocycles. The summed E-state index contributed by atoms with van der Waals surface area (Å²) < 4.78 is 6.02. The van der Waals surface area contributed by atoms with Crippen LogP contribution in [0.2, 0.25) is 0 Å². The van der Waals surface area contributed by atoms with E-state index in [9.17, 15) is 0 Å². The van der Waals surface area contributed by atoms with Crippen molar-refractivity contribution < 1.29 is 4.74 Å². The molecule has 0 atom stereocenters. The Labute approximate surface area is 120 Å². The molecule has 5 rings (SSSR count). The van der Waals surface area contributed by atoms with Crippen molar-refractivity contribution >= 4 is 5.82 Å². The summed E-state index contributed by atoms with van der Waals surface area (Å²) in [4.78, 5) is 0. The molecule has 0 saturated heterocycles. The first-order valence-corrected chi connectivity index (χ1v) is 7.91. The number of nitrogens with zero attached hydrogens (tertiary/aromatic N) is 2. The highest BCUT2D eigenvalue weighted by Crippen LogP contribution is 2.56. The van der Waals surface area contributed by atoms with Gasteiger partial charge in [0.1, 0.15) is 0 Å². The van der Waals surface area contributed by atoms with Gasteiger partial charge in [-0.2, -0.15) is 5.10 Å². The first kappa shape index (κ1) is 12.4. The van der Waals surface area contributed by atoms with Crippen LogP contribution in [0.4, 0.5) is 5.82 Å². The average Bonchev–Trinajstić information content (AvgIpc) is 2.41. The monoisotopic (exact) mass is 273 g/mol. The van der Waals surface area contributed by atoms with Gasteiger partial charge in [-0.3, -0.25) is 0 Å². The van der Waals surface area contributed by atoms with Crippen molar-refractivity contribution in [3.63, 3.8) is 0 Å². The summed E-state index contributed by atoms with van der Waals surface area (Å²) >= 11 is 0. The molecule has 0 radical (unpaired) electrons. The number of nitrogens with two attached hydrogens (primary N) is 1. The Morgan fingerprint density at radius 3 is 2.40 bits per heavy atom. The Balaban J connectivity index is 1.46. The van der Waals surface area contributed by atoms with Gasteiger partial charge < -0.3 is 10.5 Å². The van der Waals surface area contributed by atoms with Gasteiger partial charge in [0.15, 0.2) is 11.6 Å². The van der Waals surface area contributed by atoms with Gasteiger partial charge in [0, 0.05) is 6.07 Å². The van der Waals surface area contributed by atoms with E-state index < -0.39 is 0 Å². The molecule has 4 bridgehead atoms. The molecule has 2 N–H and O–H groups in total. The molecule has 4 saturated carbocycles. The number of aromatic nitrogens is 2. The predicted octanol–water partition coefficient (Wildman–Crippen LogP) is 2.82. The third kappa shape index (κ3) is 2.05. The molecule has 1 aromatic heterocycles. The van der Waals surface area contributed by atoms with Crippen LogP contribution in [0.5, 0.6) is 5.75 Å². The quantitative estimate of drug-likeness (QED) is 0.920. The van der Waals surface area contributed by atoms with Gasteiger partial charge in [0.05, 0.1) is 12.3 Å². The van der Waals surface area contributed by atoms with Crippen molar-refractivity contribution in [2.75, 3.05) is 12.3 Å². The van der Waals surface area contributed by atoms with E-state index in [0.717, 1.165) is 41.9 Å². The summed E-state index contributed by atoms with van der Waals surface area (Å²) in [6.45, 7) is 2.73. The Hall–Kier alpha value is -1.32. The van der Waals surface area contributed by atoms with Crippen LogP contribution < -0.4 is 10.5 Å². The number of ether oxygens (including phenoxy) is 1. The van der Waals surface area contributed by atoms with Gasteiger partial charge in [0.2, 0.25) is 0 Å². The van der Waals surface area contributed by atoms with Gasteiger partial charge in [0.25, 0.3) is 0 Å². The maximum atomic E-state index is 6.02. The van der Waals surface area contributed by atoms with Gasteiger partial charge in [-0.15, -0.1) is 5.10 Å². The second-order valence-corrected chi connectivity index (χ2v) is 7.14. The number of hydrogen-bond donors (Lipinski definition) is 1. The number of nitrogen functional groups attached to an aromatic ring is 1. The minimum Gasteiger partial charge on any atom is -0.489 e. The molecule has 1 heterocycles. The highest BCUT2D eigenvalue weighted by atomic mass is 16.5. The van der Waals surface area contributed by atoms with Crippen LogP contribution >= 0.6 is 0 Å². The van der Waals surface area contributed by atoms with E-state index in [0.29, 0.717) is 11.6 Å². The van der Waals surface area contributed by atoms with Gasteiger partial charge in [-0.05, 0) is 68.6 Å². The highest BCUT2D eigenvalue weighted by molar-refractivity contribution is 5.44. The molecule has 4 heteroatoms. The molecular formula is C16H23N3O. The number of aryl methyl sites for hydroxylation is 1. The van der Waals surface area contributed by atoms with Crippen LogP contribution in [-0.2, 0) is 0 Å². The fraction of sp³-hybridized carbons (Fsp3) is 0.750. The van der Waals surface area contributed by atoms with Crippen LogP contribution in [0.15, 0.2) is 6.07 Å². The lowest BCUT2D eigenvalue weighted by molar-refractivity contribution is -0.0528. The van der Waals surface area contributed by atoms with Crippen molar-refractivity contribution in [2.45, 2.75) is 39.0 Å². The number of rotatable bonds is 3. The van der Waals surface area contributed by atoms with E-state index in [1.807, 2.05) is 13.0 Å². The van der Waals surface area contributed by atoms with Gasteiger partial charge in [-0.25, -0.2) is 0 Å². The zero-order valence-corrected chi connectivity index (χ0v) is 12.1. The van der Waals surface area contributed by atoms with Crippen LogP contribution in [0.1, 0.15) is 37.8 Å². The second kappa shape index (κ2) is 4.61. The Morgan fingerprint density at radius 2 is 1.75 bits per heavy atom. The van der Waals surface area contributed by atoms with E-state index in [2.05, 4.69) is 10.2 Å². The minimum atomic E-state index is 0.416. The molecule has 0 spiro atoms. The minimum absolute atomic E-state index is 0.416.